The molecule has 1 aliphatic heterocycles. The normalized spacial score (nSPS) is 17.0. The van der Waals surface area contributed by atoms with Crippen LogP contribution in [-0.2, 0) is 6.54 Å². The van der Waals surface area contributed by atoms with E-state index in [1.165, 1.54) is 0 Å². The highest BCUT2D eigenvalue weighted by atomic mass is 16.2. The van der Waals surface area contributed by atoms with Crippen LogP contribution < -0.4 is 10.6 Å². The summed E-state index contributed by atoms with van der Waals surface area (Å²) in [5, 5.41) is 5.91. The standard InChI is InChI=1S/C15H21N5O/c1-19-8-5-12(6-9-19)18-15(21)16-10-13-11-20-7-3-2-4-14(20)17-13/h2-4,7,11-12H,5-6,8-10H2,1H3,(H2,16,18,21). The van der Waals surface area contributed by atoms with E-state index in [-0.39, 0.29) is 12.1 Å². The molecule has 0 radical (unpaired) electrons. The number of nitrogens with one attached hydrogen (secondary N) is 2. The van der Waals surface area contributed by atoms with Crippen LogP contribution in [-0.4, -0.2) is 46.5 Å². The number of carbonyl (C=O) groups is 1. The highest BCUT2D eigenvalue weighted by Crippen LogP contribution is 2.08. The topological polar surface area (TPSA) is 61.7 Å². The molecule has 2 amide bonds. The van der Waals surface area contributed by atoms with E-state index in [0.717, 1.165) is 37.3 Å². The molecule has 1 saturated heterocycles. The highest BCUT2D eigenvalue weighted by Gasteiger charge is 2.18. The molecule has 0 aromatic carbocycles. The molecule has 1 fully saturated rings. The van der Waals surface area contributed by atoms with Crippen LogP contribution in [0.2, 0.25) is 0 Å². The minimum atomic E-state index is -0.110. The van der Waals surface area contributed by atoms with Crippen molar-refractivity contribution in [3.8, 4) is 0 Å². The maximum atomic E-state index is 11.9. The number of hydrogen-bond acceptors (Lipinski definition) is 3. The van der Waals surface area contributed by atoms with Crippen molar-refractivity contribution in [1.82, 2.24) is 24.9 Å². The fourth-order valence-corrected chi connectivity index (χ4v) is 2.63. The molecule has 112 valence electrons. The summed E-state index contributed by atoms with van der Waals surface area (Å²) in [4.78, 5) is 18.7. The van der Waals surface area contributed by atoms with E-state index in [9.17, 15) is 4.79 Å². The number of nitrogens with zero attached hydrogens (tertiary/aromatic N) is 3. The summed E-state index contributed by atoms with van der Waals surface area (Å²) in [6.45, 7) is 2.52. The van der Waals surface area contributed by atoms with Crippen LogP contribution in [0.4, 0.5) is 4.79 Å². The first-order chi connectivity index (χ1) is 10.2. The summed E-state index contributed by atoms with van der Waals surface area (Å²) in [5.74, 6) is 0. The SMILES string of the molecule is CN1CCC(NC(=O)NCc2cn3ccccc3n2)CC1. The number of piperidine rings is 1. The van der Waals surface area contributed by atoms with Crippen molar-refractivity contribution in [2.75, 3.05) is 20.1 Å². The Morgan fingerprint density at radius 3 is 2.95 bits per heavy atom. The van der Waals surface area contributed by atoms with Gasteiger partial charge in [0.05, 0.1) is 12.2 Å². The molecule has 0 unspecified atom stereocenters. The van der Waals surface area contributed by atoms with Crippen molar-refractivity contribution < 1.29 is 4.79 Å². The van der Waals surface area contributed by atoms with Crippen LogP contribution in [0.1, 0.15) is 18.5 Å². The number of fused-ring (bicyclic) bond motifs is 1. The number of likely N-dealkylation sites (tertiary alicyclic amines) is 1. The molecule has 0 bridgehead atoms. The second kappa shape index (κ2) is 6.13. The predicted octanol–water partition coefficient (Wildman–Crippen LogP) is 1.23. The molecule has 2 aromatic rings. The quantitative estimate of drug-likeness (QED) is 0.892. The molecule has 0 aliphatic carbocycles. The Kier molecular flexibility index (Phi) is 4.06. The Morgan fingerprint density at radius 2 is 2.19 bits per heavy atom. The fraction of sp³-hybridized carbons (Fsp3) is 0.467. The van der Waals surface area contributed by atoms with Crippen LogP contribution in [0.5, 0.6) is 0 Å². The second-order valence-electron chi connectivity index (χ2n) is 5.60. The van der Waals surface area contributed by atoms with Gasteiger partial charge in [-0.25, -0.2) is 9.78 Å². The van der Waals surface area contributed by atoms with Crippen molar-refractivity contribution in [2.24, 2.45) is 0 Å². The van der Waals surface area contributed by atoms with Gasteiger partial charge in [0.2, 0.25) is 0 Å². The third-order valence-corrected chi connectivity index (χ3v) is 3.90. The van der Waals surface area contributed by atoms with Gasteiger partial charge in [-0.3, -0.25) is 0 Å². The monoisotopic (exact) mass is 287 g/mol. The van der Waals surface area contributed by atoms with E-state index in [1.807, 2.05) is 35.0 Å². The Balaban J connectivity index is 1.49. The average molecular weight is 287 g/mol. The Labute approximate surface area is 124 Å². The third-order valence-electron chi connectivity index (χ3n) is 3.90. The minimum absolute atomic E-state index is 0.110. The number of carbonyl (C=O) groups excluding carboxylic acids is 1. The van der Waals surface area contributed by atoms with E-state index in [0.29, 0.717) is 6.54 Å². The van der Waals surface area contributed by atoms with Crippen molar-refractivity contribution in [1.29, 1.82) is 0 Å². The zero-order chi connectivity index (χ0) is 14.7. The van der Waals surface area contributed by atoms with Gasteiger partial charge in [0.15, 0.2) is 0 Å². The molecule has 2 N–H and O–H groups in total. The van der Waals surface area contributed by atoms with Crippen LogP contribution in [0.3, 0.4) is 0 Å². The number of imidazole rings is 1. The first-order valence-electron chi connectivity index (χ1n) is 7.36. The molecular weight excluding hydrogens is 266 g/mol. The second-order valence-corrected chi connectivity index (χ2v) is 5.60. The van der Waals surface area contributed by atoms with E-state index >= 15 is 0 Å². The summed E-state index contributed by atoms with van der Waals surface area (Å²) < 4.78 is 1.95. The molecule has 21 heavy (non-hydrogen) atoms. The number of pyridine rings is 1. The number of amides is 2. The predicted molar refractivity (Wildman–Crippen MR) is 81.1 cm³/mol. The van der Waals surface area contributed by atoms with Crippen LogP contribution >= 0.6 is 0 Å². The molecule has 0 spiro atoms. The average Bonchev–Trinajstić information content (AvgIpc) is 2.90. The molecule has 6 nitrogen and oxygen atoms in total. The molecule has 2 aromatic heterocycles. The lowest BCUT2D eigenvalue weighted by Crippen LogP contribution is -2.46. The summed E-state index contributed by atoms with van der Waals surface area (Å²) >= 11 is 0. The first kappa shape index (κ1) is 13.9. The van der Waals surface area contributed by atoms with Crippen molar-refractivity contribution in [3.63, 3.8) is 0 Å². The van der Waals surface area contributed by atoms with Gasteiger partial charge < -0.3 is 19.9 Å². The van der Waals surface area contributed by atoms with Gasteiger partial charge in [0, 0.05) is 18.4 Å². The van der Waals surface area contributed by atoms with Gasteiger partial charge in [-0.15, -0.1) is 0 Å². The Morgan fingerprint density at radius 1 is 1.38 bits per heavy atom. The van der Waals surface area contributed by atoms with Gasteiger partial charge in [-0.1, -0.05) is 6.07 Å². The number of urea groups is 1. The lowest BCUT2D eigenvalue weighted by atomic mass is 10.1. The Bertz CT molecular complexity index is 582. The van der Waals surface area contributed by atoms with Gasteiger partial charge in [0.1, 0.15) is 5.65 Å². The number of aromatic nitrogens is 2. The smallest absolute Gasteiger partial charge is 0.315 e. The summed E-state index contributed by atoms with van der Waals surface area (Å²) in [6.07, 6.45) is 5.91. The molecule has 0 saturated carbocycles. The Hall–Kier alpha value is -2.08. The van der Waals surface area contributed by atoms with Gasteiger partial charge >= 0.3 is 6.03 Å². The zero-order valence-electron chi connectivity index (χ0n) is 12.2. The number of hydrogen-bond donors (Lipinski definition) is 2. The van der Waals surface area contributed by atoms with Gasteiger partial charge in [-0.05, 0) is 45.1 Å². The zero-order valence-corrected chi connectivity index (χ0v) is 12.2. The first-order valence-corrected chi connectivity index (χ1v) is 7.36. The van der Waals surface area contributed by atoms with Crippen LogP contribution in [0.15, 0.2) is 30.6 Å². The van der Waals surface area contributed by atoms with E-state index in [4.69, 9.17) is 0 Å². The van der Waals surface area contributed by atoms with E-state index in [2.05, 4.69) is 27.6 Å². The maximum Gasteiger partial charge on any atom is 0.315 e. The highest BCUT2D eigenvalue weighted by molar-refractivity contribution is 5.74. The van der Waals surface area contributed by atoms with Gasteiger partial charge in [0.25, 0.3) is 0 Å². The van der Waals surface area contributed by atoms with Crippen LogP contribution in [0, 0.1) is 0 Å². The van der Waals surface area contributed by atoms with Gasteiger partial charge in [-0.2, -0.15) is 0 Å². The molecule has 1 aliphatic rings. The van der Waals surface area contributed by atoms with E-state index < -0.39 is 0 Å². The molecule has 3 heterocycles. The van der Waals surface area contributed by atoms with Crippen molar-refractivity contribution in [2.45, 2.75) is 25.4 Å². The number of rotatable bonds is 3. The maximum absolute atomic E-state index is 11.9. The van der Waals surface area contributed by atoms with Crippen molar-refractivity contribution >= 4 is 11.7 Å². The molecule has 3 rings (SSSR count). The molecular formula is C15H21N5O. The van der Waals surface area contributed by atoms with E-state index in [1.54, 1.807) is 0 Å². The minimum Gasteiger partial charge on any atom is -0.335 e. The summed E-state index contributed by atoms with van der Waals surface area (Å²) in [6, 6.07) is 6.02. The van der Waals surface area contributed by atoms with Crippen molar-refractivity contribution in [3.05, 3.63) is 36.3 Å². The summed E-state index contributed by atoms with van der Waals surface area (Å²) in [5.41, 5.74) is 1.75. The lowest BCUT2D eigenvalue weighted by Gasteiger charge is -2.29. The molecule has 0 atom stereocenters. The van der Waals surface area contributed by atoms with Crippen LogP contribution in [0.25, 0.3) is 5.65 Å². The third kappa shape index (κ3) is 3.52. The largest absolute Gasteiger partial charge is 0.335 e. The summed E-state index contributed by atoms with van der Waals surface area (Å²) in [7, 11) is 2.11. The lowest BCUT2D eigenvalue weighted by molar-refractivity contribution is 0.213. The molecule has 6 heteroatoms. The fourth-order valence-electron chi connectivity index (χ4n) is 2.63.